The highest BCUT2D eigenvalue weighted by Gasteiger charge is 2.10. The summed E-state index contributed by atoms with van der Waals surface area (Å²) < 4.78 is 10.7. The maximum atomic E-state index is 11.2. The maximum Gasteiger partial charge on any atom is 0.268 e. The minimum atomic E-state index is 0.0281. The van der Waals surface area contributed by atoms with Gasteiger partial charge in [0.15, 0.2) is 12.4 Å². The molecule has 3 aromatic rings. The minimum absolute atomic E-state index is 0.0281. The molecule has 3 rings (SSSR count). The number of carbonyl (C=O) groups is 1. The molecular formula is C15H12N2O3S. The number of rotatable bonds is 5. The normalized spacial score (nSPS) is 10.5. The van der Waals surface area contributed by atoms with Crippen molar-refractivity contribution in [3.05, 3.63) is 53.2 Å². The van der Waals surface area contributed by atoms with E-state index in [-0.39, 0.29) is 12.4 Å². The van der Waals surface area contributed by atoms with Crippen LogP contribution < -0.4 is 4.74 Å². The van der Waals surface area contributed by atoms with Crippen molar-refractivity contribution in [3.8, 4) is 16.5 Å². The lowest BCUT2D eigenvalue weighted by Crippen LogP contribution is -1.98. The van der Waals surface area contributed by atoms with Gasteiger partial charge < -0.3 is 9.26 Å². The number of ether oxygens (including phenoxy) is 1. The van der Waals surface area contributed by atoms with Gasteiger partial charge in [-0.05, 0) is 42.6 Å². The molecule has 2 aromatic heterocycles. The van der Waals surface area contributed by atoms with Crippen molar-refractivity contribution >= 4 is 17.1 Å². The zero-order valence-electron chi connectivity index (χ0n) is 11.3. The monoisotopic (exact) mass is 300 g/mol. The molecule has 0 fully saturated rings. The van der Waals surface area contributed by atoms with Gasteiger partial charge in [0.2, 0.25) is 5.82 Å². The Labute approximate surface area is 125 Å². The van der Waals surface area contributed by atoms with Crippen molar-refractivity contribution in [2.75, 3.05) is 0 Å². The molecule has 0 aliphatic rings. The van der Waals surface area contributed by atoms with Gasteiger partial charge in [-0.3, -0.25) is 4.79 Å². The van der Waals surface area contributed by atoms with Crippen LogP contribution in [0.4, 0.5) is 0 Å². The summed E-state index contributed by atoms with van der Waals surface area (Å²) in [5.41, 5.74) is 0.655. The Morgan fingerprint density at radius 1 is 1.29 bits per heavy atom. The molecule has 0 saturated heterocycles. The standard InChI is InChI=1S/C15H12N2O3S/c1-10(18)11-4-6-12(7-5-11)19-9-14-16-15(20-17-14)13-3-2-8-21-13/h2-8H,9H2,1H3. The van der Waals surface area contributed by atoms with Crippen LogP contribution in [0.3, 0.4) is 0 Å². The fraction of sp³-hybridized carbons (Fsp3) is 0.133. The molecule has 0 aliphatic carbocycles. The van der Waals surface area contributed by atoms with E-state index in [1.807, 2.05) is 17.5 Å². The predicted molar refractivity (Wildman–Crippen MR) is 78.4 cm³/mol. The molecule has 0 amide bonds. The lowest BCUT2D eigenvalue weighted by atomic mass is 10.1. The Balaban J connectivity index is 1.64. The summed E-state index contributed by atoms with van der Waals surface area (Å²) in [6, 6.07) is 10.8. The van der Waals surface area contributed by atoms with E-state index in [1.165, 1.54) is 18.3 Å². The number of hydrogen-bond acceptors (Lipinski definition) is 6. The van der Waals surface area contributed by atoms with E-state index in [1.54, 1.807) is 24.3 Å². The van der Waals surface area contributed by atoms with Crippen LogP contribution in [0.25, 0.3) is 10.8 Å². The second kappa shape index (κ2) is 5.88. The lowest BCUT2D eigenvalue weighted by molar-refractivity contribution is 0.101. The zero-order chi connectivity index (χ0) is 14.7. The minimum Gasteiger partial charge on any atom is -0.485 e. The molecule has 0 aliphatic heterocycles. The molecule has 0 spiro atoms. The van der Waals surface area contributed by atoms with E-state index >= 15 is 0 Å². The number of thiophene rings is 1. The number of aromatic nitrogens is 2. The molecule has 0 saturated carbocycles. The Kier molecular flexibility index (Phi) is 3.79. The third-order valence-corrected chi connectivity index (χ3v) is 3.69. The second-order valence-corrected chi connectivity index (χ2v) is 5.31. The van der Waals surface area contributed by atoms with Crippen LogP contribution >= 0.6 is 11.3 Å². The topological polar surface area (TPSA) is 65.2 Å². The Hall–Kier alpha value is -2.47. The van der Waals surface area contributed by atoms with Gasteiger partial charge in [-0.15, -0.1) is 11.3 Å². The van der Waals surface area contributed by atoms with Crippen LogP contribution in [0, 0.1) is 0 Å². The van der Waals surface area contributed by atoms with E-state index in [9.17, 15) is 4.79 Å². The maximum absolute atomic E-state index is 11.2. The Morgan fingerprint density at radius 3 is 2.76 bits per heavy atom. The van der Waals surface area contributed by atoms with Crippen LogP contribution in [0.2, 0.25) is 0 Å². The summed E-state index contributed by atoms with van der Waals surface area (Å²) in [5, 5.41) is 5.83. The molecular weight excluding hydrogens is 288 g/mol. The van der Waals surface area contributed by atoms with E-state index < -0.39 is 0 Å². The molecule has 0 atom stereocenters. The van der Waals surface area contributed by atoms with Gasteiger partial charge in [-0.1, -0.05) is 11.2 Å². The number of carbonyl (C=O) groups excluding carboxylic acids is 1. The van der Waals surface area contributed by atoms with Crippen LogP contribution in [0.15, 0.2) is 46.3 Å². The molecule has 2 heterocycles. The summed E-state index contributed by atoms with van der Waals surface area (Å²) >= 11 is 1.54. The highest BCUT2D eigenvalue weighted by molar-refractivity contribution is 7.13. The van der Waals surface area contributed by atoms with Crippen LogP contribution in [-0.4, -0.2) is 15.9 Å². The third kappa shape index (κ3) is 3.17. The fourth-order valence-electron chi connectivity index (χ4n) is 1.75. The Bertz CT molecular complexity index is 733. The average Bonchev–Trinajstić information content (AvgIpc) is 3.16. The largest absolute Gasteiger partial charge is 0.485 e. The highest BCUT2D eigenvalue weighted by Crippen LogP contribution is 2.22. The number of nitrogens with zero attached hydrogens (tertiary/aromatic N) is 2. The van der Waals surface area contributed by atoms with Crippen molar-refractivity contribution in [2.45, 2.75) is 13.5 Å². The van der Waals surface area contributed by atoms with Crippen molar-refractivity contribution in [1.29, 1.82) is 0 Å². The lowest BCUT2D eigenvalue weighted by Gasteiger charge is -2.03. The molecule has 5 nitrogen and oxygen atoms in total. The van der Waals surface area contributed by atoms with E-state index in [4.69, 9.17) is 9.26 Å². The first kappa shape index (κ1) is 13.5. The molecule has 0 radical (unpaired) electrons. The van der Waals surface area contributed by atoms with Gasteiger partial charge >= 0.3 is 0 Å². The van der Waals surface area contributed by atoms with Gasteiger partial charge in [0.05, 0.1) is 4.88 Å². The smallest absolute Gasteiger partial charge is 0.268 e. The van der Waals surface area contributed by atoms with Crippen LogP contribution in [-0.2, 0) is 6.61 Å². The fourth-order valence-corrected chi connectivity index (χ4v) is 2.39. The second-order valence-electron chi connectivity index (χ2n) is 4.36. The summed E-state index contributed by atoms with van der Waals surface area (Å²) in [7, 11) is 0. The summed E-state index contributed by atoms with van der Waals surface area (Å²) in [5.74, 6) is 1.66. The van der Waals surface area contributed by atoms with Crippen molar-refractivity contribution in [1.82, 2.24) is 10.1 Å². The van der Waals surface area contributed by atoms with Gasteiger partial charge in [0.25, 0.3) is 5.89 Å². The van der Waals surface area contributed by atoms with Crippen molar-refractivity contribution < 1.29 is 14.1 Å². The summed E-state index contributed by atoms with van der Waals surface area (Å²) in [6.45, 7) is 1.75. The Morgan fingerprint density at radius 2 is 2.10 bits per heavy atom. The summed E-state index contributed by atoms with van der Waals surface area (Å²) in [4.78, 5) is 16.4. The molecule has 0 N–H and O–H groups in total. The zero-order valence-corrected chi connectivity index (χ0v) is 12.1. The predicted octanol–water partition coefficient (Wildman–Crippen LogP) is 3.58. The molecule has 0 bridgehead atoms. The number of hydrogen-bond donors (Lipinski definition) is 0. The van der Waals surface area contributed by atoms with Crippen LogP contribution in [0.5, 0.6) is 5.75 Å². The molecule has 106 valence electrons. The number of ketones is 1. The first-order valence-corrected chi connectivity index (χ1v) is 7.20. The van der Waals surface area contributed by atoms with Gasteiger partial charge in [-0.2, -0.15) is 4.98 Å². The SMILES string of the molecule is CC(=O)c1ccc(OCc2noc(-c3cccs3)n2)cc1. The first-order valence-electron chi connectivity index (χ1n) is 6.32. The average molecular weight is 300 g/mol. The highest BCUT2D eigenvalue weighted by atomic mass is 32.1. The molecule has 21 heavy (non-hydrogen) atoms. The van der Waals surface area contributed by atoms with Gasteiger partial charge in [0, 0.05) is 5.56 Å². The number of benzene rings is 1. The molecule has 1 aromatic carbocycles. The third-order valence-electron chi connectivity index (χ3n) is 2.83. The first-order chi connectivity index (χ1) is 10.2. The van der Waals surface area contributed by atoms with E-state index in [0.717, 1.165) is 4.88 Å². The molecule has 6 heteroatoms. The number of Topliss-reactive ketones (excluding diaryl/α,β-unsaturated/α-hetero) is 1. The van der Waals surface area contributed by atoms with Gasteiger partial charge in [0.1, 0.15) is 5.75 Å². The van der Waals surface area contributed by atoms with E-state index in [0.29, 0.717) is 23.0 Å². The van der Waals surface area contributed by atoms with Crippen molar-refractivity contribution in [3.63, 3.8) is 0 Å². The molecule has 0 unspecified atom stereocenters. The van der Waals surface area contributed by atoms with Crippen molar-refractivity contribution in [2.24, 2.45) is 0 Å². The quantitative estimate of drug-likeness (QED) is 0.674. The summed E-state index contributed by atoms with van der Waals surface area (Å²) in [6.07, 6.45) is 0. The van der Waals surface area contributed by atoms with Crippen LogP contribution in [0.1, 0.15) is 23.1 Å². The van der Waals surface area contributed by atoms with Gasteiger partial charge in [-0.25, -0.2) is 0 Å². The van der Waals surface area contributed by atoms with E-state index in [2.05, 4.69) is 10.1 Å².